The third-order valence-electron chi connectivity index (χ3n) is 3.85. The number of nitro benzene ring substituents is 1. The van der Waals surface area contributed by atoms with Crippen LogP contribution < -0.4 is 5.56 Å². The molecule has 8 nitrogen and oxygen atoms in total. The third kappa shape index (κ3) is 3.44. The van der Waals surface area contributed by atoms with Crippen molar-refractivity contribution in [1.29, 1.82) is 0 Å². The molecule has 0 saturated carbocycles. The van der Waals surface area contributed by atoms with Crippen LogP contribution in [-0.2, 0) is 11.3 Å². The number of benzene rings is 1. The molecule has 0 atom stereocenters. The predicted molar refractivity (Wildman–Crippen MR) is 93.2 cm³/mol. The number of nitrogens with zero attached hydrogens (tertiary/aromatic N) is 3. The molecule has 2 aromatic heterocycles. The van der Waals surface area contributed by atoms with Crippen molar-refractivity contribution in [2.75, 3.05) is 0 Å². The van der Waals surface area contributed by atoms with Gasteiger partial charge in [0.15, 0.2) is 0 Å². The number of esters is 1. The Morgan fingerprint density at radius 2 is 2.00 bits per heavy atom. The number of aryl methyl sites for hydroxylation is 2. The lowest BCUT2D eigenvalue weighted by atomic mass is 10.1. The number of aromatic nitrogens is 2. The molecule has 0 fully saturated rings. The van der Waals surface area contributed by atoms with Crippen LogP contribution in [0.3, 0.4) is 0 Å². The van der Waals surface area contributed by atoms with Gasteiger partial charge in [-0.05, 0) is 31.5 Å². The van der Waals surface area contributed by atoms with Gasteiger partial charge in [0.05, 0.1) is 16.2 Å². The molecule has 0 aliphatic carbocycles. The van der Waals surface area contributed by atoms with E-state index in [1.807, 2.05) is 13.0 Å². The number of hydrogen-bond acceptors (Lipinski definition) is 6. The molecule has 0 aliphatic heterocycles. The summed E-state index contributed by atoms with van der Waals surface area (Å²) in [5, 5.41) is 11.0. The van der Waals surface area contributed by atoms with E-state index in [2.05, 4.69) is 4.98 Å². The van der Waals surface area contributed by atoms with Crippen LogP contribution in [0.2, 0.25) is 0 Å². The highest BCUT2D eigenvalue weighted by Crippen LogP contribution is 2.20. The number of hydrogen-bond donors (Lipinski definition) is 0. The first-order chi connectivity index (χ1) is 12.3. The van der Waals surface area contributed by atoms with Gasteiger partial charge in [-0.3, -0.25) is 19.3 Å². The van der Waals surface area contributed by atoms with Crippen molar-refractivity contribution in [3.05, 3.63) is 85.4 Å². The molecule has 2 heterocycles. The Kier molecular flexibility index (Phi) is 4.49. The van der Waals surface area contributed by atoms with Crippen molar-refractivity contribution >= 4 is 17.3 Å². The van der Waals surface area contributed by atoms with Gasteiger partial charge in [-0.1, -0.05) is 12.1 Å². The highest BCUT2D eigenvalue weighted by atomic mass is 16.6. The fraction of sp³-hybridized carbons (Fsp3) is 0.167. The maximum atomic E-state index is 12.1. The second-order valence-electron chi connectivity index (χ2n) is 5.85. The molecule has 0 radical (unpaired) electrons. The topological polar surface area (TPSA) is 104 Å². The van der Waals surface area contributed by atoms with Gasteiger partial charge in [-0.15, -0.1) is 0 Å². The van der Waals surface area contributed by atoms with Crippen LogP contribution in [-0.4, -0.2) is 20.3 Å². The Morgan fingerprint density at radius 3 is 2.73 bits per heavy atom. The number of carbonyl (C=O) groups excluding carboxylic acids is 1. The molecule has 0 amide bonds. The highest BCUT2D eigenvalue weighted by Gasteiger charge is 2.16. The zero-order valence-corrected chi connectivity index (χ0v) is 14.1. The molecular formula is C18H15N3O5. The van der Waals surface area contributed by atoms with E-state index in [-0.39, 0.29) is 23.4 Å². The van der Waals surface area contributed by atoms with Crippen LogP contribution >= 0.6 is 0 Å². The molecule has 0 N–H and O–H groups in total. The summed E-state index contributed by atoms with van der Waals surface area (Å²) in [4.78, 5) is 39.0. The first-order valence-electron chi connectivity index (χ1n) is 7.76. The van der Waals surface area contributed by atoms with Gasteiger partial charge in [0, 0.05) is 23.9 Å². The second kappa shape index (κ2) is 6.75. The third-order valence-corrected chi connectivity index (χ3v) is 3.85. The molecular weight excluding hydrogens is 338 g/mol. The molecule has 1 aromatic carbocycles. The number of rotatable bonds is 4. The van der Waals surface area contributed by atoms with Crippen molar-refractivity contribution in [1.82, 2.24) is 9.38 Å². The van der Waals surface area contributed by atoms with Crippen LogP contribution in [0, 0.1) is 24.0 Å². The van der Waals surface area contributed by atoms with Gasteiger partial charge >= 0.3 is 5.97 Å². The Hall–Kier alpha value is -3.55. The van der Waals surface area contributed by atoms with Gasteiger partial charge in [0.2, 0.25) is 0 Å². The molecule has 0 aliphatic rings. The highest BCUT2D eigenvalue weighted by molar-refractivity contribution is 5.90. The summed E-state index contributed by atoms with van der Waals surface area (Å²) in [6.07, 6.45) is 1.67. The largest absolute Gasteiger partial charge is 0.456 e. The smallest absolute Gasteiger partial charge is 0.338 e. The summed E-state index contributed by atoms with van der Waals surface area (Å²) in [5.41, 5.74) is 1.74. The zero-order chi connectivity index (χ0) is 18.8. The molecule has 0 bridgehead atoms. The van der Waals surface area contributed by atoms with E-state index in [1.165, 1.54) is 28.7 Å². The average molecular weight is 353 g/mol. The molecule has 0 spiro atoms. The minimum atomic E-state index is -0.723. The lowest BCUT2D eigenvalue weighted by molar-refractivity contribution is -0.385. The minimum Gasteiger partial charge on any atom is -0.456 e. The van der Waals surface area contributed by atoms with Gasteiger partial charge in [0.25, 0.3) is 11.2 Å². The molecule has 0 saturated heterocycles. The lowest BCUT2D eigenvalue weighted by Crippen LogP contribution is -2.17. The van der Waals surface area contributed by atoms with Crippen LogP contribution in [0.5, 0.6) is 0 Å². The van der Waals surface area contributed by atoms with Gasteiger partial charge in [-0.2, -0.15) is 0 Å². The standard InChI is InChI=1S/C18H15N3O5/c1-11-3-6-16-19-14(8-17(22)20(16)9-11)10-26-18(23)13-5-4-12(2)15(7-13)21(24)25/h3-9H,10H2,1-2H3. The van der Waals surface area contributed by atoms with Crippen molar-refractivity contribution in [2.45, 2.75) is 20.5 Å². The van der Waals surface area contributed by atoms with Crippen LogP contribution in [0.15, 0.2) is 47.4 Å². The van der Waals surface area contributed by atoms with E-state index in [0.717, 1.165) is 5.56 Å². The molecule has 8 heteroatoms. The normalized spacial score (nSPS) is 10.7. The Balaban J connectivity index is 1.81. The molecule has 0 unspecified atom stereocenters. The van der Waals surface area contributed by atoms with Gasteiger partial charge in [0.1, 0.15) is 12.3 Å². The number of pyridine rings is 1. The zero-order valence-electron chi connectivity index (χ0n) is 14.1. The SMILES string of the molecule is Cc1ccc2nc(COC(=O)c3ccc(C)c([N+](=O)[O-])c3)cc(=O)n2c1. The van der Waals surface area contributed by atoms with E-state index < -0.39 is 10.9 Å². The average Bonchev–Trinajstić information content (AvgIpc) is 2.60. The van der Waals surface area contributed by atoms with Gasteiger partial charge < -0.3 is 4.74 Å². The first kappa shape index (κ1) is 17.3. The number of ether oxygens (including phenoxy) is 1. The summed E-state index contributed by atoms with van der Waals surface area (Å²) in [6, 6.07) is 8.92. The number of carbonyl (C=O) groups is 1. The van der Waals surface area contributed by atoms with Gasteiger partial charge in [-0.25, -0.2) is 9.78 Å². The second-order valence-corrected chi connectivity index (χ2v) is 5.85. The summed E-state index contributed by atoms with van der Waals surface area (Å²) in [7, 11) is 0. The molecule has 3 rings (SSSR count). The molecule has 3 aromatic rings. The van der Waals surface area contributed by atoms with Crippen LogP contribution in [0.25, 0.3) is 5.65 Å². The van der Waals surface area contributed by atoms with Crippen molar-refractivity contribution < 1.29 is 14.5 Å². The fourth-order valence-electron chi connectivity index (χ4n) is 2.49. The molecule has 132 valence electrons. The van der Waals surface area contributed by atoms with Crippen LogP contribution in [0.4, 0.5) is 5.69 Å². The summed E-state index contributed by atoms with van der Waals surface area (Å²) < 4.78 is 6.55. The maximum Gasteiger partial charge on any atom is 0.338 e. The van der Waals surface area contributed by atoms with Crippen LogP contribution in [0.1, 0.15) is 27.2 Å². The van der Waals surface area contributed by atoms with E-state index in [0.29, 0.717) is 16.9 Å². The van der Waals surface area contributed by atoms with Crippen molar-refractivity contribution in [3.63, 3.8) is 0 Å². The number of nitro groups is 1. The summed E-state index contributed by atoms with van der Waals surface area (Å²) >= 11 is 0. The Morgan fingerprint density at radius 1 is 1.23 bits per heavy atom. The lowest BCUT2D eigenvalue weighted by Gasteiger charge is -2.07. The van der Waals surface area contributed by atoms with E-state index in [1.54, 1.807) is 19.2 Å². The summed E-state index contributed by atoms with van der Waals surface area (Å²) in [5.74, 6) is -0.723. The Bertz CT molecular complexity index is 1090. The minimum absolute atomic E-state index is 0.0652. The fourth-order valence-corrected chi connectivity index (χ4v) is 2.49. The van der Waals surface area contributed by atoms with E-state index >= 15 is 0 Å². The number of fused-ring (bicyclic) bond motifs is 1. The predicted octanol–water partition coefficient (Wildman–Crippen LogP) is 2.58. The van der Waals surface area contributed by atoms with Crippen molar-refractivity contribution in [3.8, 4) is 0 Å². The Labute approximate surface area is 147 Å². The van der Waals surface area contributed by atoms with E-state index in [9.17, 15) is 19.7 Å². The van der Waals surface area contributed by atoms with Crippen molar-refractivity contribution in [2.24, 2.45) is 0 Å². The maximum absolute atomic E-state index is 12.1. The van der Waals surface area contributed by atoms with E-state index in [4.69, 9.17) is 4.74 Å². The summed E-state index contributed by atoms with van der Waals surface area (Å²) in [6.45, 7) is 3.24. The quantitative estimate of drug-likeness (QED) is 0.406. The monoisotopic (exact) mass is 353 g/mol. The molecule has 26 heavy (non-hydrogen) atoms. The first-order valence-corrected chi connectivity index (χ1v) is 7.76.